The highest BCUT2D eigenvalue weighted by Gasteiger charge is 2.07. The second-order valence-electron chi connectivity index (χ2n) is 4.03. The second kappa shape index (κ2) is 5.25. The van der Waals surface area contributed by atoms with E-state index in [9.17, 15) is 13.2 Å². The van der Waals surface area contributed by atoms with E-state index in [1.807, 2.05) is 0 Å². The van der Waals surface area contributed by atoms with Crippen LogP contribution in [0.3, 0.4) is 0 Å². The third kappa shape index (κ3) is 3.29. The van der Waals surface area contributed by atoms with Crippen LogP contribution in [0.4, 0.5) is 11.5 Å². The van der Waals surface area contributed by atoms with Crippen molar-refractivity contribution in [2.75, 3.05) is 11.6 Å². The van der Waals surface area contributed by atoms with Gasteiger partial charge >= 0.3 is 5.97 Å². The maximum atomic E-state index is 11.3. The molecule has 0 saturated heterocycles. The van der Waals surface area contributed by atoms with E-state index in [4.69, 9.17) is 5.11 Å². The summed E-state index contributed by atoms with van der Waals surface area (Å²) in [4.78, 5) is 10.8. The molecule has 0 saturated carbocycles. The number of carboxylic acids is 1. The Morgan fingerprint density at radius 2 is 1.75 bits per heavy atom. The van der Waals surface area contributed by atoms with Crippen LogP contribution in [0.2, 0.25) is 0 Å². The fourth-order valence-electron chi connectivity index (χ4n) is 1.45. The van der Waals surface area contributed by atoms with Gasteiger partial charge in [-0.2, -0.15) is 0 Å². The molecule has 0 fully saturated rings. The van der Waals surface area contributed by atoms with Gasteiger partial charge in [-0.3, -0.25) is 0 Å². The normalized spacial score (nSPS) is 11.1. The average Bonchev–Trinajstić information content (AvgIpc) is 2.39. The summed E-state index contributed by atoms with van der Waals surface area (Å²) in [6.07, 6.45) is 1.13. The third-order valence-electron chi connectivity index (χ3n) is 2.44. The summed E-state index contributed by atoms with van der Waals surface area (Å²) in [7, 11) is -3.23. The summed E-state index contributed by atoms with van der Waals surface area (Å²) >= 11 is 0. The Balaban J connectivity index is 2.16. The minimum absolute atomic E-state index is 0.150. The van der Waals surface area contributed by atoms with Crippen molar-refractivity contribution >= 4 is 27.3 Å². The summed E-state index contributed by atoms with van der Waals surface area (Å²) in [5, 5.41) is 18.8. The molecule has 0 spiro atoms. The molecule has 7 nitrogen and oxygen atoms in total. The van der Waals surface area contributed by atoms with Gasteiger partial charge in [-0.05, 0) is 36.4 Å². The van der Waals surface area contributed by atoms with Crippen molar-refractivity contribution in [3.63, 3.8) is 0 Å². The van der Waals surface area contributed by atoms with Crippen LogP contribution in [0.25, 0.3) is 0 Å². The monoisotopic (exact) mass is 293 g/mol. The van der Waals surface area contributed by atoms with Gasteiger partial charge in [0.25, 0.3) is 0 Å². The van der Waals surface area contributed by atoms with Gasteiger partial charge in [0.15, 0.2) is 21.3 Å². The Bertz CT molecular complexity index is 724. The maximum absolute atomic E-state index is 11.3. The molecule has 0 radical (unpaired) electrons. The summed E-state index contributed by atoms with van der Waals surface area (Å²) in [6.45, 7) is 0. The van der Waals surface area contributed by atoms with Gasteiger partial charge in [0, 0.05) is 11.9 Å². The molecule has 0 bridgehead atoms. The molecule has 1 aromatic carbocycles. The fourth-order valence-corrected chi connectivity index (χ4v) is 2.08. The van der Waals surface area contributed by atoms with E-state index >= 15 is 0 Å². The van der Waals surface area contributed by atoms with E-state index in [0.717, 1.165) is 6.26 Å². The van der Waals surface area contributed by atoms with E-state index in [0.29, 0.717) is 11.5 Å². The van der Waals surface area contributed by atoms with Gasteiger partial charge in [0.2, 0.25) is 0 Å². The number of rotatable bonds is 4. The molecule has 0 aliphatic rings. The molecule has 8 heteroatoms. The number of aromatic nitrogens is 2. The van der Waals surface area contributed by atoms with Crippen LogP contribution in [0, 0.1) is 0 Å². The summed E-state index contributed by atoms with van der Waals surface area (Å²) in [5.74, 6) is -0.788. The number of nitrogens with zero attached hydrogens (tertiary/aromatic N) is 2. The lowest BCUT2D eigenvalue weighted by Crippen LogP contribution is -2.03. The minimum atomic E-state index is -3.23. The molecule has 1 aromatic heterocycles. The van der Waals surface area contributed by atoms with Crippen molar-refractivity contribution in [1.29, 1.82) is 0 Å². The van der Waals surface area contributed by atoms with E-state index < -0.39 is 15.8 Å². The first-order valence-corrected chi connectivity index (χ1v) is 7.39. The number of benzene rings is 1. The van der Waals surface area contributed by atoms with Crippen LogP contribution in [0.15, 0.2) is 41.3 Å². The Kier molecular flexibility index (Phi) is 3.66. The Labute approximate surface area is 115 Å². The first-order valence-electron chi connectivity index (χ1n) is 5.50. The topological polar surface area (TPSA) is 109 Å². The summed E-state index contributed by atoms with van der Waals surface area (Å²) in [5.41, 5.74) is 0.470. The largest absolute Gasteiger partial charge is 0.476 e. The third-order valence-corrected chi connectivity index (χ3v) is 3.57. The standard InChI is InChI=1S/C12H11N3O4S/c1-20(18,19)9-4-2-8(3-5-9)13-11-7-6-10(12(16)17)14-15-11/h2-7H,1H3,(H,13,15)(H,16,17). The molecule has 0 amide bonds. The first kappa shape index (κ1) is 13.9. The molecule has 0 aliphatic heterocycles. The molecular weight excluding hydrogens is 282 g/mol. The lowest BCUT2D eigenvalue weighted by Gasteiger charge is -2.05. The molecule has 2 rings (SSSR count). The van der Waals surface area contributed by atoms with Crippen LogP contribution in [0.5, 0.6) is 0 Å². The maximum Gasteiger partial charge on any atom is 0.356 e. The van der Waals surface area contributed by atoms with Gasteiger partial charge in [-0.25, -0.2) is 13.2 Å². The Morgan fingerprint density at radius 3 is 2.20 bits per heavy atom. The van der Waals surface area contributed by atoms with Crippen molar-refractivity contribution < 1.29 is 18.3 Å². The molecule has 2 aromatic rings. The molecular formula is C12H11N3O4S. The van der Waals surface area contributed by atoms with E-state index in [1.54, 1.807) is 12.1 Å². The number of hydrogen-bond donors (Lipinski definition) is 2. The Morgan fingerprint density at radius 1 is 1.10 bits per heavy atom. The predicted molar refractivity (Wildman–Crippen MR) is 71.8 cm³/mol. The number of hydrogen-bond acceptors (Lipinski definition) is 6. The van der Waals surface area contributed by atoms with Gasteiger partial charge in [0.1, 0.15) is 0 Å². The number of nitrogens with one attached hydrogen (secondary N) is 1. The molecule has 0 atom stereocenters. The van der Waals surface area contributed by atoms with Crippen LogP contribution < -0.4 is 5.32 Å². The quantitative estimate of drug-likeness (QED) is 0.874. The number of carboxylic acid groups (broad SMARTS) is 1. The van der Waals surface area contributed by atoms with Crippen LogP contribution >= 0.6 is 0 Å². The SMILES string of the molecule is CS(=O)(=O)c1ccc(Nc2ccc(C(=O)O)nn2)cc1. The molecule has 104 valence electrons. The van der Waals surface area contributed by atoms with E-state index in [1.165, 1.54) is 24.3 Å². The number of aromatic carboxylic acids is 1. The summed E-state index contributed by atoms with van der Waals surface area (Å²) in [6, 6.07) is 8.91. The smallest absolute Gasteiger partial charge is 0.356 e. The van der Waals surface area contributed by atoms with Crippen LogP contribution in [0.1, 0.15) is 10.5 Å². The average molecular weight is 293 g/mol. The zero-order valence-electron chi connectivity index (χ0n) is 10.4. The van der Waals surface area contributed by atoms with E-state index in [-0.39, 0.29) is 10.6 Å². The summed E-state index contributed by atoms with van der Waals surface area (Å²) < 4.78 is 22.6. The van der Waals surface area contributed by atoms with Gasteiger partial charge < -0.3 is 10.4 Å². The number of anilines is 2. The number of sulfone groups is 1. The molecule has 0 unspecified atom stereocenters. The van der Waals surface area contributed by atoms with Crippen molar-refractivity contribution in [1.82, 2.24) is 10.2 Å². The molecule has 2 N–H and O–H groups in total. The highest BCUT2D eigenvalue weighted by atomic mass is 32.2. The highest BCUT2D eigenvalue weighted by molar-refractivity contribution is 7.90. The van der Waals surface area contributed by atoms with Crippen LogP contribution in [-0.2, 0) is 9.84 Å². The fraction of sp³-hybridized carbons (Fsp3) is 0.0833. The van der Waals surface area contributed by atoms with Crippen molar-refractivity contribution in [3.05, 3.63) is 42.1 Å². The van der Waals surface area contributed by atoms with Crippen molar-refractivity contribution in [2.24, 2.45) is 0 Å². The second-order valence-corrected chi connectivity index (χ2v) is 6.05. The van der Waals surface area contributed by atoms with Gasteiger partial charge in [-0.15, -0.1) is 10.2 Å². The van der Waals surface area contributed by atoms with Crippen LogP contribution in [-0.4, -0.2) is 35.9 Å². The predicted octanol–water partition coefficient (Wildman–Crippen LogP) is 1.32. The van der Waals surface area contributed by atoms with Gasteiger partial charge in [0.05, 0.1) is 4.90 Å². The van der Waals surface area contributed by atoms with Crippen molar-refractivity contribution in [3.8, 4) is 0 Å². The minimum Gasteiger partial charge on any atom is -0.476 e. The lowest BCUT2D eigenvalue weighted by molar-refractivity contribution is 0.0689. The zero-order valence-corrected chi connectivity index (χ0v) is 11.3. The highest BCUT2D eigenvalue weighted by Crippen LogP contribution is 2.17. The lowest BCUT2D eigenvalue weighted by atomic mass is 10.3. The zero-order chi connectivity index (χ0) is 14.8. The van der Waals surface area contributed by atoms with Gasteiger partial charge in [-0.1, -0.05) is 0 Å². The van der Waals surface area contributed by atoms with Crippen molar-refractivity contribution in [2.45, 2.75) is 4.90 Å². The first-order chi connectivity index (χ1) is 9.36. The molecule has 1 heterocycles. The molecule has 0 aliphatic carbocycles. The Hall–Kier alpha value is -2.48. The number of carbonyl (C=O) groups is 1. The molecule has 20 heavy (non-hydrogen) atoms. The van der Waals surface area contributed by atoms with E-state index in [2.05, 4.69) is 15.5 Å².